The Labute approximate surface area is 200 Å². The molecule has 2 aliphatic rings. The minimum absolute atomic E-state index is 0.0613. The molecular formula is C25H28FN5O2S. The molecule has 7 nitrogen and oxygen atoms in total. The quantitative estimate of drug-likeness (QED) is 0.464. The van der Waals surface area contributed by atoms with Crippen molar-refractivity contribution >= 4 is 38.5 Å². The lowest BCUT2D eigenvalue weighted by Crippen LogP contribution is -2.50. The summed E-state index contributed by atoms with van der Waals surface area (Å²) in [6.45, 7) is 1.40. The van der Waals surface area contributed by atoms with Crippen molar-refractivity contribution in [1.29, 1.82) is 0 Å². The van der Waals surface area contributed by atoms with Gasteiger partial charge in [-0.1, -0.05) is 0 Å². The summed E-state index contributed by atoms with van der Waals surface area (Å²) < 4.78 is 24.2. The highest BCUT2D eigenvalue weighted by Gasteiger charge is 2.30. The van der Waals surface area contributed by atoms with Crippen molar-refractivity contribution < 1.29 is 13.9 Å². The Hall–Kier alpha value is -2.91. The van der Waals surface area contributed by atoms with E-state index in [2.05, 4.69) is 22.1 Å². The maximum Gasteiger partial charge on any atom is 0.254 e. The number of carbonyl (C=O) groups excluding carboxylic acids is 1. The highest BCUT2D eigenvalue weighted by molar-refractivity contribution is 7.16. The predicted octanol–water partition coefficient (Wildman–Crippen LogP) is 4.19. The van der Waals surface area contributed by atoms with E-state index in [1.54, 1.807) is 30.6 Å². The van der Waals surface area contributed by atoms with Gasteiger partial charge >= 0.3 is 0 Å². The van der Waals surface area contributed by atoms with Gasteiger partial charge in [0.1, 0.15) is 22.3 Å². The van der Waals surface area contributed by atoms with E-state index in [0.717, 1.165) is 29.5 Å². The molecule has 1 aliphatic carbocycles. The maximum absolute atomic E-state index is 14.1. The van der Waals surface area contributed by atoms with E-state index in [0.29, 0.717) is 23.4 Å². The van der Waals surface area contributed by atoms with Gasteiger partial charge in [-0.3, -0.25) is 4.79 Å². The average molecular weight is 482 g/mol. The lowest BCUT2D eigenvalue weighted by molar-refractivity contribution is 0.0606. The third-order valence-corrected chi connectivity index (χ3v) is 7.94. The van der Waals surface area contributed by atoms with Crippen LogP contribution in [0.25, 0.3) is 32.8 Å². The molecule has 178 valence electrons. The largest absolute Gasteiger partial charge is 0.494 e. The number of aryl methyl sites for hydroxylation is 1. The molecule has 0 unspecified atom stereocenters. The van der Waals surface area contributed by atoms with Crippen LogP contribution in [0.5, 0.6) is 5.75 Å². The van der Waals surface area contributed by atoms with E-state index in [1.807, 2.05) is 11.6 Å². The fourth-order valence-corrected chi connectivity index (χ4v) is 6.05. The molecule has 9 heteroatoms. The first kappa shape index (κ1) is 21.6. The Balaban J connectivity index is 1.45. The van der Waals surface area contributed by atoms with Crippen molar-refractivity contribution in [1.82, 2.24) is 19.0 Å². The molecule has 2 fully saturated rings. The summed E-state index contributed by atoms with van der Waals surface area (Å²) in [6.07, 6.45) is 1.72. The first-order valence-electron chi connectivity index (χ1n) is 11.7. The molecule has 0 bridgehead atoms. The van der Waals surface area contributed by atoms with Gasteiger partial charge in [0.05, 0.1) is 24.9 Å². The van der Waals surface area contributed by atoms with Crippen LogP contribution in [-0.4, -0.2) is 57.3 Å². The third-order valence-electron chi connectivity index (χ3n) is 6.99. The van der Waals surface area contributed by atoms with Gasteiger partial charge in [0.2, 0.25) is 0 Å². The third kappa shape index (κ3) is 3.58. The molecule has 2 atom stereocenters. The molecule has 4 heterocycles. The fourth-order valence-electron chi connectivity index (χ4n) is 5.14. The lowest BCUT2D eigenvalue weighted by Gasteiger charge is -2.33. The molecule has 34 heavy (non-hydrogen) atoms. The van der Waals surface area contributed by atoms with Gasteiger partial charge in [0.15, 0.2) is 5.82 Å². The topological polar surface area (TPSA) is 78.3 Å². The number of imidazole rings is 1. The second-order valence-corrected chi connectivity index (χ2v) is 10.5. The number of amides is 1. The van der Waals surface area contributed by atoms with Gasteiger partial charge in [-0.2, -0.15) is 0 Å². The van der Waals surface area contributed by atoms with Crippen molar-refractivity contribution in [2.24, 2.45) is 18.7 Å². The number of piperidine rings is 1. The molecule has 6 rings (SSSR count). The monoisotopic (exact) mass is 481 g/mol. The highest BCUT2D eigenvalue weighted by Crippen LogP contribution is 2.39. The number of alkyl halides is 1. The highest BCUT2D eigenvalue weighted by atomic mass is 32.1. The number of methoxy groups -OCH3 is 1. The summed E-state index contributed by atoms with van der Waals surface area (Å²) in [5.74, 6) is 1.89. The number of likely N-dealkylation sites (tertiary alicyclic amines) is 1. The standard InChI is InChI=1S/C25H28FN5O2S/c1-29-22-19(7-16(9-21(22)33-2)24(32)30-12-17(26)10-18(27)13-30)28-23(29)20-8-15-5-6-34-25(15)31(20)11-14-3-4-14/h5-9,14,17-18H,3-4,10-13,27H2,1-2H3/t17-,18-/m1/s1. The average Bonchev–Trinajstić information content (AvgIpc) is 3.26. The number of nitrogens with zero attached hydrogens (tertiary/aromatic N) is 4. The van der Waals surface area contributed by atoms with Gasteiger partial charge in [-0.05, 0) is 54.8 Å². The van der Waals surface area contributed by atoms with Gasteiger partial charge in [-0.25, -0.2) is 9.37 Å². The number of hydrogen-bond acceptors (Lipinski definition) is 5. The second kappa shape index (κ2) is 8.09. The van der Waals surface area contributed by atoms with Crippen molar-refractivity contribution in [3.05, 3.63) is 35.2 Å². The van der Waals surface area contributed by atoms with Gasteiger partial charge in [0.25, 0.3) is 5.91 Å². The Bertz CT molecular complexity index is 1390. The molecule has 4 aromatic rings. The number of hydrogen-bond donors (Lipinski definition) is 1. The van der Waals surface area contributed by atoms with Crippen molar-refractivity contribution in [3.63, 3.8) is 0 Å². The second-order valence-electron chi connectivity index (χ2n) is 9.61. The lowest BCUT2D eigenvalue weighted by atomic mass is 10.0. The number of thiophene rings is 1. The molecule has 1 saturated heterocycles. The zero-order chi connectivity index (χ0) is 23.6. The van der Waals surface area contributed by atoms with Gasteiger partial charge in [-0.15, -0.1) is 11.3 Å². The Morgan fingerprint density at radius 1 is 1.29 bits per heavy atom. The van der Waals surface area contributed by atoms with Crippen molar-refractivity contribution in [2.45, 2.75) is 38.0 Å². The summed E-state index contributed by atoms with van der Waals surface area (Å²) in [5.41, 5.74) is 8.98. The Morgan fingerprint density at radius 2 is 2.12 bits per heavy atom. The summed E-state index contributed by atoms with van der Waals surface area (Å²) in [4.78, 5) is 21.0. The number of rotatable bonds is 5. The summed E-state index contributed by atoms with van der Waals surface area (Å²) >= 11 is 1.75. The zero-order valence-electron chi connectivity index (χ0n) is 19.3. The normalized spacial score (nSPS) is 21.0. The number of ether oxygens (including phenoxy) is 1. The van der Waals surface area contributed by atoms with Crippen LogP contribution in [0.2, 0.25) is 0 Å². The van der Waals surface area contributed by atoms with Crippen LogP contribution in [0.3, 0.4) is 0 Å². The van der Waals surface area contributed by atoms with E-state index in [4.69, 9.17) is 15.5 Å². The first-order valence-corrected chi connectivity index (χ1v) is 12.6. The molecule has 3 aromatic heterocycles. The number of halogens is 1. The smallest absolute Gasteiger partial charge is 0.254 e. The summed E-state index contributed by atoms with van der Waals surface area (Å²) in [5, 5.41) is 3.35. The minimum atomic E-state index is -1.10. The molecule has 0 spiro atoms. The van der Waals surface area contributed by atoms with E-state index in [9.17, 15) is 9.18 Å². The van der Waals surface area contributed by atoms with Crippen LogP contribution >= 0.6 is 11.3 Å². The van der Waals surface area contributed by atoms with E-state index < -0.39 is 6.17 Å². The molecular weight excluding hydrogens is 453 g/mol. The van der Waals surface area contributed by atoms with Gasteiger partial charge in [0, 0.05) is 37.1 Å². The van der Waals surface area contributed by atoms with Gasteiger partial charge < -0.3 is 24.5 Å². The Morgan fingerprint density at radius 3 is 2.85 bits per heavy atom. The minimum Gasteiger partial charge on any atom is -0.494 e. The number of aromatic nitrogens is 3. The predicted molar refractivity (Wildman–Crippen MR) is 132 cm³/mol. The van der Waals surface area contributed by atoms with Crippen LogP contribution in [-0.2, 0) is 13.6 Å². The number of nitrogens with two attached hydrogens (primary N) is 1. The van der Waals surface area contributed by atoms with Crippen LogP contribution < -0.4 is 10.5 Å². The number of benzene rings is 1. The van der Waals surface area contributed by atoms with E-state index in [1.165, 1.54) is 28.0 Å². The zero-order valence-corrected chi connectivity index (χ0v) is 20.1. The van der Waals surface area contributed by atoms with E-state index in [-0.39, 0.29) is 24.9 Å². The van der Waals surface area contributed by atoms with Crippen LogP contribution in [0.1, 0.15) is 29.6 Å². The van der Waals surface area contributed by atoms with E-state index >= 15 is 0 Å². The Kier molecular flexibility index (Phi) is 5.14. The molecule has 2 N–H and O–H groups in total. The number of carbonyl (C=O) groups is 1. The molecule has 1 amide bonds. The van der Waals surface area contributed by atoms with Crippen LogP contribution in [0, 0.1) is 5.92 Å². The van der Waals surface area contributed by atoms with Crippen molar-refractivity contribution in [3.8, 4) is 17.3 Å². The number of fused-ring (bicyclic) bond motifs is 2. The summed E-state index contributed by atoms with van der Waals surface area (Å²) in [7, 11) is 3.57. The van der Waals surface area contributed by atoms with Crippen molar-refractivity contribution in [2.75, 3.05) is 20.2 Å². The SMILES string of the molecule is COc1cc(C(=O)N2C[C@H](N)C[C@@H](F)C2)cc2nc(-c3cc4ccsc4n3CC3CC3)n(C)c12. The molecule has 0 radical (unpaired) electrons. The molecule has 1 aromatic carbocycles. The van der Waals surface area contributed by atoms with Crippen LogP contribution in [0.4, 0.5) is 4.39 Å². The maximum atomic E-state index is 14.1. The molecule has 1 aliphatic heterocycles. The fraction of sp³-hybridized carbons (Fsp3) is 0.440. The van der Waals surface area contributed by atoms with Crippen LogP contribution in [0.15, 0.2) is 29.6 Å². The molecule has 1 saturated carbocycles. The summed E-state index contributed by atoms with van der Waals surface area (Å²) in [6, 6.07) is 7.51. The first-order chi connectivity index (χ1) is 16.4.